The molecule has 0 aromatic heterocycles. The molecule has 0 atom stereocenters. The van der Waals surface area contributed by atoms with Gasteiger partial charge in [0.05, 0.1) is 11.6 Å². The van der Waals surface area contributed by atoms with Crippen LogP contribution in [0.3, 0.4) is 0 Å². The Morgan fingerprint density at radius 3 is 2.43 bits per heavy atom. The number of carbonyl (C=O) groups is 1. The van der Waals surface area contributed by atoms with Gasteiger partial charge < -0.3 is 5.32 Å². The second kappa shape index (κ2) is 7.20. The molecule has 0 saturated heterocycles. The van der Waals surface area contributed by atoms with Gasteiger partial charge in [-0.3, -0.25) is 4.79 Å². The molecule has 2 aromatic carbocycles. The molecular formula is C16H11F3N2OS. The lowest BCUT2D eigenvalue weighted by Crippen LogP contribution is -2.09. The van der Waals surface area contributed by atoms with Gasteiger partial charge in [0.2, 0.25) is 5.91 Å². The third-order valence-corrected chi connectivity index (χ3v) is 3.77. The van der Waals surface area contributed by atoms with Crippen LogP contribution in [0.4, 0.5) is 18.9 Å². The van der Waals surface area contributed by atoms with Gasteiger partial charge in [-0.1, -0.05) is 17.8 Å². The SMILES string of the molecule is N#CCC(=O)Nc1ccc(Sc2cccc(C(F)(F)F)c2)cc1. The molecule has 0 aliphatic heterocycles. The van der Waals surface area contributed by atoms with Crippen LogP contribution in [-0.2, 0) is 11.0 Å². The lowest BCUT2D eigenvalue weighted by Gasteiger charge is -2.09. The van der Waals surface area contributed by atoms with Crippen molar-refractivity contribution >= 4 is 23.4 Å². The van der Waals surface area contributed by atoms with Crippen LogP contribution in [0.15, 0.2) is 58.3 Å². The maximum absolute atomic E-state index is 12.7. The summed E-state index contributed by atoms with van der Waals surface area (Å²) in [5.74, 6) is -0.411. The fraction of sp³-hybridized carbons (Fsp3) is 0.125. The third-order valence-electron chi connectivity index (χ3n) is 2.77. The van der Waals surface area contributed by atoms with E-state index in [1.807, 2.05) is 0 Å². The zero-order valence-corrected chi connectivity index (χ0v) is 12.5. The topological polar surface area (TPSA) is 52.9 Å². The summed E-state index contributed by atoms with van der Waals surface area (Å²) < 4.78 is 38.0. The number of rotatable bonds is 4. The standard InChI is InChI=1S/C16H11F3N2OS/c17-16(18,19)11-2-1-3-14(10-11)23-13-6-4-12(5-7-13)21-15(22)8-9-20/h1-7,10H,8H2,(H,21,22). The number of hydrogen-bond acceptors (Lipinski definition) is 3. The van der Waals surface area contributed by atoms with E-state index < -0.39 is 17.6 Å². The molecule has 1 N–H and O–H groups in total. The first-order valence-corrected chi connectivity index (χ1v) is 7.32. The molecule has 118 valence electrons. The quantitative estimate of drug-likeness (QED) is 0.880. The van der Waals surface area contributed by atoms with E-state index >= 15 is 0 Å². The molecule has 0 unspecified atom stereocenters. The molecule has 0 aliphatic rings. The van der Waals surface area contributed by atoms with Crippen molar-refractivity contribution in [2.45, 2.75) is 22.4 Å². The van der Waals surface area contributed by atoms with Crippen LogP contribution in [0.25, 0.3) is 0 Å². The molecule has 23 heavy (non-hydrogen) atoms. The maximum atomic E-state index is 12.7. The predicted octanol–water partition coefficient (Wildman–Crippen LogP) is 4.71. The van der Waals surface area contributed by atoms with Crippen molar-refractivity contribution in [3.05, 3.63) is 54.1 Å². The second-order valence-corrected chi connectivity index (χ2v) is 5.68. The number of nitriles is 1. The molecule has 2 rings (SSSR count). The average molecular weight is 336 g/mol. The van der Waals surface area contributed by atoms with E-state index in [4.69, 9.17) is 5.26 Å². The molecule has 2 aromatic rings. The number of halogens is 3. The Balaban J connectivity index is 2.07. The summed E-state index contributed by atoms with van der Waals surface area (Å²) in [6, 6.07) is 13.5. The monoisotopic (exact) mass is 336 g/mol. The molecule has 0 fully saturated rings. The summed E-state index contributed by atoms with van der Waals surface area (Å²) in [5.41, 5.74) is -0.165. The first-order chi connectivity index (χ1) is 10.9. The Labute approximate surface area is 135 Å². The average Bonchev–Trinajstić information content (AvgIpc) is 2.49. The van der Waals surface area contributed by atoms with Crippen molar-refractivity contribution < 1.29 is 18.0 Å². The van der Waals surface area contributed by atoms with Crippen LogP contribution in [0.5, 0.6) is 0 Å². The summed E-state index contributed by atoms with van der Waals surface area (Å²) in [6.07, 6.45) is -4.60. The number of hydrogen-bond donors (Lipinski definition) is 1. The van der Waals surface area contributed by atoms with Gasteiger partial charge >= 0.3 is 6.18 Å². The summed E-state index contributed by atoms with van der Waals surface area (Å²) >= 11 is 1.19. The van der Waals surface area contributed by atoms with E-state index in [9.17, 15) is 18.0 Å². The highest BCUT2D eigenvalue weighted by molar-refractivity contribution is 7.99. The summed E-state index contributed by atoms with van der Waals surface area (Å²) in [5, 5.41) is 11.0. The van der Waals surface area contributed by atoms with Crippen molar-refractivity contribution in [2.24, 2.45) is 0 Å². The van der Waals surface area contributed by atoms with E-state index in [0.717, 1.165) is 17.0 Å². The number of benzene rings is 2. The fourth-order valence-corrected chi connectivity index (χ4v) is 2.63. The lowest BCUT2D eigenvalue weighted by molar-refractivity contribution is -0.137. The fourth-order valence-electron chi connectivity index (χ4n) is 1.76. The van der Waals surface area contributed by atoms with E-state index in [-0.39, 0.29) is 6.42 Å². The molecule has 0 saturated carbocycles. The summed E-state index contributed by atoms with van der Waals surface area (Å²) in [6.45, 7) is 0. The van der Waals surface area contributed by atoms with Crippen molar-refractivity contribution in [3.8, 4) is 6.07 Å². The number of amides is 1. The number of alkyl halides is 3. The molecule has 1 amide bonds. The largest absolute Gasteiger partial charge is 0.416 e. The van der Waals surface area contributed by atoms with Gasteiger partial charge in [-0.05, 0) is 42.5 Å². The van der Waals surface area contributed by atoms with Crippen molar-refractivity contribution in [1.29, 1.82) is 5.26 Å². The van der Waals surface area contributed by atoms with Crippen molar-refractivity contribution in [3.63, 3.8) is 0 Å². The van der Waals surface area contributed by atoms with Gasteiger partial charge in [0.15, 0.2) is 0 Å². The Morgan fingerprint density at radius 1 is 1.13 bits per heavy atom. The van der Waals surface area contributed by atoms with E-state index in [1.54, 1.807) is 36.4 Å². The number of nitrogens with one attached hydrogen (secondary N) is 1. The molecule has 3 nitrogen and oxygen atoms in total. The van der Waals surface area contributed by atoms with Crippen molar-refractivity contribution in [1.82, 2.24) is 0 Å². The van der Waals surface area contributed by atoms with Crippen LogP contribution in [0.1, 0.15) is 12.0 Å². The zero-order valence-electron chi connectivity index (χ0n) is 11.7. The highest BCUT2D eigenvalue weighted by Crippen LogP contribution is 2.34. The van der Waals surface area contributed by atoms with Crippen LogP contribution < -0.4 is 5.32 Å². The molecule has 7 heteroatoms. The normalized spacial score (nSPS) is 10.9. The number of anilines is 1. The molecule has 0 heterocycles. The molecular weight excluding hydrogens is 325 g/mol. The van der Waals surface area contributed by atoms with Crippen LogP contribution in [0.2, 0.25) is 0 Å². The predicted molar refractivity (Wildman–Crippen MR) is 80.9 cm³/mol. The summed E-state index contributed by atoms with van der Waals surface area (Å²) in [7, 11) is 0. The number of carbonyl (C=O) groups excluding carboxylic acids is 1. The Morgan fingerprint density at radius 2 is 1.83 bits per heavy atom. The Hall–Kier alpha value is -2.46. The minimum absolute atomic E-state index is 0.235. The smallest absolute Gasteiger partial charge is 0.325 e. The van der Waals surface area contributed by atoms with Crippen LogP contribution in [0, 0.1) is 11.3 Å². The molecule has 0 aliphatic carbocycles. The van der Waals surface area contributed by atoms with E-state index in [0.29, 0.717) is 10.6 Å². The minimum Gasteiger partial charge on any atom is -0.325 e. The first kappa shape index (κ1) is 16.9. The number of nitrogens with zero attached hydrogens (tertiary/aromatic N) is 1. The minimum atomic E-state index is -4.37. The Bertz CT molecular complexity index is 736. The van der Waals surface area contributed by atoms with Gasteiger partial charge in [0, 0.05) is 15.5 Å². The van der Waals surface area contributed by atoms with E-state index in [2.05, 4.69) is 5.32 Å². The van der Waals surface area contributed by atoms with Gasteiger partial charge in [-0.15, -0.1) is 0 Å². The summed E-state index contributed by atoms with van der Waals surface area (Å²) in [4.78, 5) is 12.5. The molecule has 0 radical (unpaired) electrons. The van der Waals surface area contributed by atoms with Crippen LogP contribution >= 0.6 is 11.8 Å². The Kier molecular flexibility index (Phi) is 5.29. The molecule has 0 spiro atoms. The van der Waals surface area contributed by atoms with E-state index in [1.165, 1.54) is 17.8 Å². The van der Waals surface area contributed by atoms with Gasteiger partial charge in [-0.25, -0.2) is 0 Å². The highest BCUT2D eigenvalue weighted by Gasteiger charge is 2.30. The van der Waals surface area contributed by atoms with Gasteiger partial charge in [0.25, 0.3) is 0 Å². The van der Waals surface area contributed by atoms with Crippen molar-refractivity contribution in [2.75, 3.05) is 5.32 Å². The highest BCUT2D eigenvalue weighted by atomic mass is 32.2. The zero-order chi connectivity index (χ0) is 16.9. The second-order valence-electron chi connectivity index (χ2n) is 4.54. The lowest BCUT2D eigenvalue weighted by atomic mass is 10.2. The van der Waals surface area contributed by atoms with Gasteiger partial charge in [-0.2, -0.15) is 18.4 Å². The molecule has 0 bridgehead atoms. The van der Waals surface area contributed by atoms with Crippen LogP contribution in [-0.4, -0.2) is 5.91 Å². The first-order valence-electron chi connectivity index (χ1n) is 6.50. The maximum Gasteiger partial charge on any atom is 0.416 e. The third kappa shape index (κ3) is 5.04. The van der Waals surface area contributed by atoms with Gasteiger partial charge in [0.1, 0.15) is 6.42 Å².